The summed E-state index contributed by atoms with van der Waals surface area (Å²) < 4.78 is 5.96. The molecule has 1 saturated heterocycles. The number of hydrogen-bond acceptors (Lipinski definition) is 8. The number of aryl methyl sites for hydroxylation is 1. The van der Waals surface area contributed by atoms with E-state index in [2.05, 4.69) is 9.88 Å². The van der Waals surface area contributed by atoms with E-state index in [1.165, 1.54) is 43.4 Å². The number of nitrogens with zero attached hydrogens (tertiary/aromatic N) is 4. The summed E-state index contributed by atoms with van der Waals surface area (Å²) in [5.41, 5.74) is 8.47. The molecule has 3 aromatic rings. The lowest BCUT2D eigenvalue weighted by Crippen LogP contribution is -2.52. The molecule has 2 N–H and O–H groups in total. The summed E-state index contributed by atoms with van der Waals surface area (Å²) in [5, 5.41) is 3.43. The Balaban J connectivity index is 1.27. The molecule has 1 aromatic carbocycles. The highest BCUT2D eigenvalue weighted by atomic mass is 32.1. The van der Waals surface area contributed by atoms with Gasteiger partial charge >= 0.3 is 0 Å². The van der Waals surface area contributed by atoms with Gasteiger partial charge in [0.2, 0.25) is 5.91 Å². The molecule has 3 heterocycles. The van der Waals surface area contributed by atoms with Crippen molar-refractivity contribution in [1.82, 2.24) is 19.8 Å². The molecule has 2 fully saturated rings. The number of thiazole rings is 2. The van der Waals surface area contributed by atoms with E-state index in [0.29, 0.717) is 23.0 Å². The Kier molecular flexibility index (Phi) is 8.64. The van der Waals surface area contributed by atoms with Crippen LogP contribution in [0.1, 0.15) is 82.4 Å². The molecule has 2 amide bonds. The molecule has 2 aromatic heterocycles. The largest absolute Gasteiger partial charge is 0.491 e. The van der Waals surface area contributed by atoms with Gasteiger partial charge in [-0.25, -0.2) is 9.97 Å². The van der Waals surface area contributed by atoms with Crippen LogP contribution in [-0.2, 0) is 6.42 Å². The molecule has 0 atom stereocenters. The van der Waals surface area contributed by atoms with Crippen LogP contribution in [0.15, 0.2) is 23.6 Å². The summed E-state index contributed by atoms with van der Waals surface area (Å²) in [6, 6.07) is 5.95. The Hall–Kier alpha value is -2.82. The van der Waals surface area contributed by atoms with Gasteiger partial charge in [-0.2, -0.15) is 0 Å². The number of primary amides is 1. The lowest BCUT2D eigenvalue weighted by atomic mass is 9.94. The third-order valence-corrected chi connectivity index (χ3v) is 9.52. The number of ether oxygens (including phenoxy) is 1. The lowest BCUT2D eigenvalue weighted by Gasteiger charge is -2.40. The summed E-state index contributed by atoms with van der Waals surface area (Å²) >= 11 is 2.97. The third-order valence-electron chi connectivity index (χ3n) is 7.51. The Morgan fingerprint density at radius 3 is 2.54 bits per heavy atom. The van der Waals surface area contributed by atoms with Crippen LogP contribution in [-0.4, -0.2) is 69.9 Å². The quantitative estimate of drug-likeness (QED) is 0.404. The van der Waals surface area contributed by atoms with E-state index in [4.69, 9.17) is 15.5 Å². The van der Waals surface area contributed by atoms with Gasteiger partial charge in [0.1, 0.15) is 5.75 Å². The highest BCUT2D eigenvalue weighted by Gasteiger charge is 2.29. The molecule has 1 saturated carbocycles. The first-order valence-electron chi connectivity index (χ1n) is 13.8. The van der Waals surface area contributed by atoms with Gasteiger partial charge in [-0.1, -0.05) is 19.3 Å². The van der Waals surface area contributed by atoms with E-state index >= 15 is 0 Å². The van der Waals surface area contributed by atoms with Crippen LogP contribution in [0.5, 0.6) is 5.75 Å². The van der Waals surface area contributed by atoms with E-state index < -0.39 is 5.91 Å². The van der Waals surface area contributed by atoms with Crippen LogP contribution in [0.25, 0.3) is 10.6 Å². The van der Waals surface area contributed by atoms with Crippen LogP contribution in [0.4, 0.5) is 0 Å². The topological polar surface area (TPSA) is 102 Å². The van der Waals surface area contributed by atoms with E-state index in [-0.39, 0.29) is 12.0 Å². The smallest absolute Gasteiger partial charge is 0.282 e. The molecule has 0 bridgehead atoms. The number of carbonyl (C=O) groups is 2. The average molecular weight is 568 g/mol. The Labute approximate surface area is 238 Å². The third kappa shape index (κ3) is 6.50. The normalized spacial score (nSPS) is 17.1. The number of carbonyl (C=O) groups excluding carboxylic acids is 2. The first-order chi connectivity index (χ1) is 18.8. The van der Waals surface area contributed by atoms with Crippen molar-refractivity contribution in [2.24, 2.45) is 5.73 Å². The fourth-order valence-electron chi connectivity index (χ4n) is 5.50. The van der Waals surface area contributed by atoms with E-state index in [9.17, 15) is 9.59 Å². The molecule has 0 unspecified atom stereocenters. The highest BCUT2D eigenvalue weighted by Crippen LogP contribution is 2.33. The monoisotopic (exact) mass is 567 g/mol. The van der Waals surface area contributed by atoms with Gasteiger partial charge in [0.05, 0.1) is 27.4 Å². The Morgan fingerprint density at radius 2 is 1.85 bits per heavy atom. The predicted molar refractivity (Wildman–Crippen MR) is 156 cm³/mol. The van der Waals surface area contributed by atoms with Crippen molar-refractivity contribution in [2.45, 2.75) is 71.4 Å². The molecular weight excluding hydrogens is 530 g/mol. The summed E-state index contributed by atoms with van der Waals surface area (Å²) in [5.74, 6) is 0.268. The summed E-state index contributed by atoms with van der Waals surface area (Å²) in [4.78, 5) is 40.0. The second kappa shape index (κ2) is 12.1. The SMILES string of the molecule is Cc1nc(C(=O)N2CCN(C3CCCCC3)CC2)sc1-c1csc(Cc2cc(C(N)=O)ccc2OC(C)C)n1. The minimum absolute atomic E-state index is 0.000992. The molecule has 0 spiro atoms. The molecule has 2 aliphatic rings. The molecule has 0 radical (unpaired) electrons. The fourth-order valence-corrected chi connectivity index (χ4v) is 7.37. The first kappa shape index (κ1) is 27.7. The standard InChI is InChI=1S/C29H37N5O3S2/c1-18(2)37-24-10-9-20(27(30)35)15-21(24)16-25-32-23(17-38-25)26-19(3)31-28(39-26)29(36)34-13-11-33(12-14-34)22-7-5-4-6-8-22/h9-10,15,17-18,22H,4-8,11-14,16H2,1-3H3,(H2,30,35). The zero-order valence-corrected chi connectivity index (χ0v) is 24.6. The van der Waals surface area contributed by atoms with E-state index in [1.54, 1.807) is 29.5 Å². The van der Waals surface area contributed by atoms with Gasteiger partial charge in [0.15, 0.2) is 5.01 Å². The molecule has 8 nitrogen and oxygen atoms in total. The minimum atomic E-state index is -0.472. The van der Waals surface area contributed by atoms with Crippen LogP contribution in [0.2, 0.25) is 0 Å². The number of piperazine rings is 1. The van der Waals surface area contributed by atoms with Crippen molar-refractivity contribution in [3.8, 4) is 16.3 Å². The lowest BCUT2D eigenvalue weighted by molar-refractivity contribution is 0.0523. The van der Waals surface area contributed by atoms with Gasteiger partial charge in [-0.15, -0.1) is 22.7 Å². The van der Waals surface area contributed by atoms with Crippen LogP contribution < -0.4 is 10.5 Å². The first-order valence-corrected chi connectivity index (χ1v) is 15.5. The zero-order valence-electron chi connectivity index (χ0n) is 22.9. The van der Waals surface area contributed by atoms with Gasteiger partial charge < -0.3 is 15.4 Å². The van der Waals surface area contributed by atoms with Gasteiger partial charge in [-0.3, -0.25) is 14.5 Å². The summed E-state index contributed by atoms with van der Waals surface area (Å²) in [7, 11) is 0. The average Bonchev–Trinajstić information content (AvgIpc) is 3.55. The van der Waals surface area contributed by atoms with Gasteiger partial charge in [0, 0.05) is 55.1 Å². The molecule has 5 rings (SSSR count). The van der Waals surface area contributed by atoms with Gasteiger partial charge in [0.25, 0.3) is 5.91 Å². The maximum Gasteiger partial charge on any atom is 0.282 e. The van der Waals surface area contributed by atoms with Crippen molar-refractivity contribution in [2.75, 3.05) is 26.2 Å². The van der Waals surface area contributed by atoms with Crippen molar-refractivity contribution in [3.05, 3.63) is 50.4 Å². The summed E-state index contributed by atoms with van der Waals surface area (Å²) in [6.07, 6.45) is 7.12. The number of rotatable bonds is 8. The van der Waals surface area contributed by atoms with Crippen LogP contribution in [0.3, 0.4) is 0 Å². The van der Waals surface area contributed by atoms with Crippen LogP contribution in [0, 0.1) is 6.92 Å². The molecule has 10 heteroatoms. The van der Waals surface area contributed by atoms with Crippen molar-refractivity contribution in [3.63, 3.8) is 0 Å². The number of hydrogen-bond donors (Lipinski definition) is 1. The minimum Gasteiger partial charge on any atom is -0.491 e. The maximum atomic E-state index is 13.3. The van der Waals surface area contributed by atoms with Gasteiger partial charge in [-0.05, 0) is 51.8 Å². The van der Waals surface area contributed by atoms with Crippen molar-refractivity contribution >= 4 is 34.5 Å². The summed E-state index contributed by atoms with van der Waals surface area (Å²) in [6.45, 7) is 9.29. The number of amides is 2. The fraction of sp³-hybridized carbons (Fsp3) is 0.517. The van der Waals surface area contributed by atoms with Crippen molar-refractivity contribution in [1.29, 1.82) is 0 Å². The van der Waals surface area contributed by atoms with Crippen molar-refractivity contribution < 1.29 is 14.3 Å². The Bertz CT molecular complexity index is 1320. The second-order valence-corrected chi connectivity index (χ2v) is 12.7. The predicted octanol–water partition coefficient (Wildman–Crippen LogP) is 5.14. The number of nitrogens with two attached hydrogens (primary N) is 1. The number of benzene rings is 1. The molecule has 208 valence electrons. The Morgan fingerprint density at radius 1 is 1.10 bits per heavy atom. The molecule has 1 aliphatic heterocycles. The van der Waals surface area contributed by atoms with E-state index in [1.807, 2.05) is 31.1 Å². The van der Waals surface area contributed by atoms with E-state index in [0.717, 1.165) is 58.8 Å². The zero-order chi connectivity index (χ0) is 27.5. The maximum absolute atomic E-state index is 13.3. The van der Waals surface area contributed by atoms with Crippen LogP contribution >= 0.6 is 22.7 Å². The second-order valence-electron chi connectivity index (χ2n) is 10.7. The number of aromatic nitrogens is 2. The highest BCUT2D eigenvalue weighted by molar-refractivity contribution is 7.17. The molecule has 1 aliphatic carbocycles. The molecular formula is C29H37N5O3S2. The molecule has 39 heavy (non-hydrogen) atoms.